The number of carbonyl (C=O) groups is 3. The first-order chi connectivity index (χ1) is 16.3. The maximum atomic E-state index is 14.2. The van der Waals surface area contributed by atoms with Crippen molar-refractivity contribution in [3.63, 3.8) is 0 Å². The van der Waals surface area contributed by atoms with Crippen molar-refractivity contribution >= 4 is 46.8 Å². The largest absolute Gasteiger partial charge is 0.461 e. The molecule has 2 amide bonds. The molecule has 0 aliphatic carbocycles. The molecule has 3 saturated heterocycles. The quantitative estimate of drug-likeness (QED) is 0.411. The Hall–Kier alpha value is -2.29. The number of likely N-dealkylation sites (tertiary alicyclic amines) is 1. The standard InChI is InChI=1S/C25H29ClN2O5S/c1-4-10-27(17-8-6-16(26)7-9-17)23(31)21-25-15(3)14-18(34-25)19(24(32)33-13-5-2)20(25)22(30)28(21)11-12-29/h4-9,15,18-21,29H,1-2,10-14H2,3H3/t15?,18-,19+,20-,21?,25?/m0/s1. The van der Waals surface area contributed by atoms with Gasteiger partial charge < -0.3 is 19.6 Å². The van der Waals surface area contributed by atoms with E-state index in [-0.39, 0.29) is 49.3 Å². The molecule has 0 aromatic heterocycles. The highest BCUT2D eigenvalue weighted by Crippen LogP contribution is 2.68. The highest BCUT2D eigenvalue weighted by atomic mass is 35.5. The summed E-state index contributed by atoms with van der Waals surface area (Å²) in [7, 11) is 0. The fourth-order valence-electron chi connectivity index (χ4n) is 5.87. The predicted octanol–water partition coefficient (Wildman–Crippen LogP) is 2.92. The summed E-state index contributed by atoms with van der Waals surface area (Å²) < 4.78 is 4.58. The van der Waals surface area contributed by atoms with Crippen LogP contribution in [0.25, 0.3) is 0 Å². The zero-order chi connectivity index (χ0) is 24.6. The molecule has 1 N–H and O–H groups in total. The molecule has 2 bridgehead atoms. The van der Waals surface area contributed by atoms with Gasteiger partial charge >= 0.3 is 5.97 Å². The van der Waals surface area contributed by atoms with Crippen LogP contribution in [0.15, 0.2) is 49.6 Å². The second kappa shape index (κ2) is 9.76. The fraction of sp³-hybridized carbons (Fsp3) is 0.480. The summed E-state index contributed by atoms with van der Waals surface area (Å²) in [6, 6.07) is 6.09. The van der Waals surface area contributed by atoms with Crippen molar-refractivity contribution in [1.82, 2.24) is 4.90 Å². The van der Waals surface area contributed by atoms with Gasteiger partial charge in [-0.3, -0.25) is 14.4 Å². The van der Waals surface area contributed by atoms with Gasteiger partial charge in [-0.05, 0) is 36.6 Å². The number of esters is 1. The molecule has 3 fully saturated rings. The summed E-state index contributed by atoms with van der Waals surface area (Å²) in [5.74, 6) is -2.25. The molecule has 9 heteroatoms. The molecule has 4 rings (SSSR count). The number of aliphatic hydroxyl groups is 1. The summed E-state index contributed by atoms with van der Waals surface area (Å²) >= 11 is 7.62. The van der Waals surface area contributed by atoms with Crippen LogP contribution < -0.4 is 4.90 Å². The highest BCUT2D eigenvalue weighted by Gasteiger charge is 2.76. The summed E-state index contributed by atoms with van der Waals surface area (Å²) in [5.41, 5.74) is 0.637. The van der Waals surface area contributed by atoms with Gasteiger partial charge in [-0.2, -0.15) is 0 Å². The number of β-amino-alcohol motifs (C(OH)–C–C–N with tert-alkyl or cyclic N) is 1. The number of hydrogen-bond acceptors (Lipinski definition) is 6. The monoisotopic (exact) mass is 504 g/mol. The molecular weight excluding hydrogens is 476 g/mol. The molecule has 1 aromatic rings. The lowest BCUT2D eigenvalue weighted by molar-refractivity contribution is -0.153. The Morgan fingerprint density at radius 1 is 1.32 bits per heavy atom. The molecule has 34 heavy (non-hydrogen) atoms. The number of carbonyl (C=O) groups excluding carboxylic acids is 3. The van der Waals surface area contributed by atoms with E-state index in [0.717, 1.165) is 0 Å². The normalized spacial score (nSPS) is 31.3. The number of rotatable bonds is 9. The van der Waals surface area contributed by atoms with E-state index < -0.39 is 28.6 Å². The van der Waals surface area contributed by atoms with Crippen LogP contribution in [0.4, 0.5) is 5.69 Å². The van der Waals surface area contributed by atoms with Crippen LogP contribution in [0.2, 0.25) is 5.02 Å². The minimum absolute atomic E-state index is 0.0163. The smallest absolute Gasteiger partial charge is 0.311 e. The Labute approximate surface area is 208 Å². The van der Waals surface area contributed by atoms with E-state index in [1.54, 1.807) is 47.0 Å². The number of hydrogen-bond donors (Lipinski definition) is 1. The third-order valence-electron chi connectivity index (χ3n) is 7.15. The molecule has 3 unspecified atom stereocenters. The van der Waals surface area contributed by atoms with Gasteiger partial charge in [0, 0.05) is 29.0 Å². The predicted molar refractivity (Wildman–Crippen MR) is 133 cm³/mol. The summed E-state index contributed by atoms with van der Waals surface area (Å²) in [6.07, 6.45) is 3.84. The van der Waals surface area contributed by atoms with E-state index in [9.17, 15) is 19.5 Å². The van der Waals surface area contributed by atoms with Crippen LogP contribution in [-0.4, -0.2) is 70.1 Å². The Morgan fingerprint density at radius 3 is 2.65 bits per heavy atom. The number of amides is 2. The average Bonchev–Trinajstić information content (AvgIpc) is 3.40. The highest BCUT2D eigenvalue weighted by molar-refractivity contribution is 8.02. The molecule has 1 aromatic carbocycles. The van der Waals surface area contributed by atoms with Crippen LogP contribution in [0.5, 0.6) is 0 Å². The molecule has 0 radical (unpaired) electrons. The summed E-state index contributed by atoms with van der Waals surface area (Å²) in [4.78, 5) is 44.0. The van der Waals surface area contributed by atoms with Crippen molar-refractivity contribution in [3.8, 4) is 0 Å². The molecule has 182 valence electrons. The lowest BCUT2D eigenvalue weighted by Gasteiger charge is -2.40. The van der Waals surface area contributed by atoms with Crippen molar-refractivity contribution < 1.29 is 24.2 Å². The number of halogens is 1. The van der Waals surface area contributed by atoms with Crippen LogP contribution in [0, 0.1) is 17.8 Å². The first-order valence-corrected chi connectivity index (χ1v) is 12.6. The number of benzene rings is 1. The van der Waals surface area contributed by atoms with Gasteiger partial charge in [0.15, 0.2) is 0 Å². The SMILES string of the molecule is C=CCOC(=O)[C@@H]1[C@@H]2CC(C)C3(S2)C(C(=O)N(CC=C)c2ccc(Cl)cc2)N(CCO)C(=O)[C@H]13. The number of anilines is 1. The summed E-state index contributed by atoms with van der Waals surface area (Å²) in [5, 5.41) is 10.2. The second-order valence-corrected chi connectivity index (χ2v) is 10.9. The zero-order valence-corrected chi connectivity index (χ0v) is 20.6. The Kier molecular flexibility index (Phi) is 7.12. The fourth-order valence-corrected chi connectivity index (χ4v) is 8.40. The van der Waals surface area contributed by atoms with E-state index >= 15 is 0 Å². The molecular formula is C25H29ClN2O5S. The number of nitrogens with zero attached hydrogens (tertiary/aromatic N) is 2. The average molecular weight is 505 g/mol. The van der Waals surface area contributed by atoms with Crippen LogP contribution in [-0.2, 0) is 19.1 Å². The number of thioether (sulfide) groups is 1. The number of fused-ring (bicyclic) bond motifs is 1. The maximum Gasteiger partial charge on any atom is 0.311 e. The van der Waals surface area contributed by atoms with E-state index in [1.165, 1.54) is 11.0 Å². The molecule has 3 aliphatic heterocycles. The van der Waals surface area contributed by atoms with E-state index in [1.807, 2.05) is 6.92 Å². The lowest BCUT2D eigenvalue weighted by Crippen LogP contribution is -2.57. The van der Waals surface area contributed by atoms with Gasteiger partial charge in [-0.15, -0.1) is 18.3 Å². The van der Waals surface area contributed by atoms with Crippen LogP contribution in [0.1, 0.15) is 13.3 Å². The molecule has 0 saturated carbocycles. The third kappa shape index (κ3) is 3.76. The van der Waals surface area contributed by atoms with Crippen LogP contribution >= 0.6 is 23.4 Å². The Balaban J connectivity index is 1.77. The van der Waals surface area contributed by atoms with Crippen molar-refractivity contribution in [2.75, 3.05) is 31.2 Å². The first kappa shape index (κ1) is 24.8. The van der Waals surface area contributed by atoms with Crippen LogP contribution in [0.3, 0.4) is 0 Å². The number of ether oxygens (including phenoxy) is 1. The molecule has 3 heterocycles. The Morgan fingerprint density at radius 2 is 2.03 bits per heavy atom. The zero-order valence-electron chi connectivity index (χ0n) is 19.1. The van der Waals surface area contributed by atoms with Crippen molar-refractivity contribution in [1.29, 1.82) is 0 Å². The van der Waals surface area contributed by atoms with Gasteiger partial charge in [-0.1, -0.05) is 37.3 Å². The minimum atomic E-state index is -0.824. The van der Waals surface area contributed by atoms with Gasteiger partial charge in [-0.25, -0.2) is 0 Å². The van der Waals surface area contributed by atoms with E-state index in [2.05, 4.69) is 13.2 Å². The van der Waals surface area contributed by atoms with Crippen molar-refractivity contribution in [3.05, 3.63) is 54.6 Å². The first-order valence-electron chi connectivity index (χ1n) is 11.4. The lowest BCUT2D eigenvalue weighted by atomic mass is 9.66. The van der Waals surface area contributed by atoms with Crippen molar-refractivity contribution in [2.24, 2.45) is 17.8 Å². The topological polar surface area (TPSA) is 87.2 Å². The summed E-state index contributed by atoms with van der Waals surface area (Å²) in [6.45, 7) is 9.48. The third-order valence-corrected chi connectivity index (χ3v) is 9.48. The van der Waals surface area contributed by atoms with E-state index in [0.29, 0.717) is 17.1 Å². The van der Waals surface area contributed by atoms with Gasteiger partial charge in [0.1, 0.15) is 12.6 Å². The van der Waals surface area contributed by atoms with Gasteiger partial charge in [0.05, 0.1) is 23.2 Å². The molecule has 7 nitrogen and oxygen atoms in total. The van der Waals surface area contributed by atoms with Crippen molar-refractivity contribution in [2.45, 2.75) is 29.4 Å². The minimum Gasteiger partial charge on any atom is -0.461 e. The second-order valence-electron chi connectivity index (χ2n) is 8.94. The molecule has 3 aliphatic rings. The van der Waals surface area contributed by atoms with E-state index in [4.69, 9.17) is 16.3 Å². The molecule has 1 spiro atoms. The van der Waals surface area contributed by atoms with Gasteiger partial charge in [0.2, 0.25) is 5.91 Å². The Bertz CT molecular complexity index is 1000. The number of aliphatic hydroxyl groups excluding tert-OH is 1. The molecule has 6 atom stereocenters. The maximum absolute atomic E-state index is 14.2. The van der Waals surface area contributed by atoms with Gasteiger partial charge in [0.25, 0.3) is 5.91 Å².